The van der Waals surface area contributed by atoms with Gasteiger partial charge in [0.15, 0.2) is 0 Å². The van der Waals surface area contributed by atoms with Crippen LogP contribution in [0.3, 0.4) is 0 Å². The van der Waals surface area contributed by atoms with Crippen LogP contribution in [0.25, 0.3) is 0 Å². The molecule has 0 spiro atoms. The second-order valence-corrected chi connectivity index (χ2v) is 9.74. The normalized spacial score (nSPS) is 18.6. The quantitative estimate of drug-likeness (QED) is 0.507. The number of carbonyl (C=O) groups excluding carboxylic acids is 1. The molecule has 166 valence electrons. The fourth-order valence-corrected chi connectivity index (χ4v) is 3.95. The van der Waals surface area contributed by atoms with Crippen molar-refractivity contribution in [1.29, 1.82) is 0 Å². The topological polar surface area (TPSA) is 51.2 Å². The Morgan fingerprint density at radius 3 is 2.41 bits per heavy atom. The highest BCUT2D eigenvalue weighted by Gasteiger charge is 2.44. The molecule has 1 aromatic heterocycles. The van der Waals surface area contributed by atoms with Crippen LogP contribution in [0.4, 0.5) is 0 Å². The van der Waals surface area contributed by atoms with Gasteiger partial charge in [-0.15, -0.1) is 0 Å². The monoisotopic (exact) mass is 428 g/mol. The van der Waals surface area contributed by atoms with Gasteiger partial charge in [-0.3, -0.25) is 9.78 Å². The molecule has 1 unspecified atom stereocenters. The number of nitrogens with zero attached hydrogens (tertiary/aromatic N) is 1. The Morgan fingerprint density at radius 2 is 1.78 bits per heavy atom. The van der Waals surface area contributed by atoms with E-state index < -0.39 is 0 Å². The van der Waals surface area contributed by atoms with Crippen LogP contribution in [-0.2, 0) is 16.8 Å². The molecule has 3 atom stereocenters. The maximum Gasteiger partial charge on any atom is 0.224 e. The number of pyridine rings is 1. The van der Waals surface area contributed by atoms with Crippen LogP contribution in [0, 0.1) is 5.92 Å². The smallest absolute Gasteiger partial charge is 0.224 e. The molecule has 3 aromatic rings. The molecule has 1 fully saturated rings. The van der Waals surface area contributed by atoms with E-state index in [4.69, 9.17) is 4.74 Å². The van der Waals surface area contributed by atoms with Crippen LogP contribution >= 0.6 is 0 Å². The van der Waals surface area contributed by atoms with Crippen LogP contribution in [0.1, 0.15) is 68.5 Å². The highest BCUT2D eigenvalue weighted by Crippen LogP contribution is 2.48. The fourth-order valence-electron chi connectivity index (χ4n) is 3.95. The van der Waals surface area contributed by atoms with E-state index >= 15 is 0 Å². The van der Waals surface area contributed by atoms with Crippen LogP contribution in [0.5, 0.6) is 5.75 Å². The molecule has 1 amide bonds. The van der Waals surface area contributed by atoms with Gasteiger partial charge in [-0.1, -0.05) is 75.4 Å². The Bertz CT molecular complexity index is 1040. The van der Waals surface area contributed by atoms with Gasteiger partial charge in [-0.2, -0.15) is 0 Å². The third-order valence-corrected chi connectivity index (χ3v) is 6.14. The molecular weight excluding hydrogens is 396 g/mol. The highest BCUT2D eigenvalue weighted by atomic mass is 16.5. The van der Waals surface area contributed by atoms with Crippen molar-refractivity contribution in [2.24, 2.45) is 5.92 Å². The Morgan fingerprint density at radius 1 is 1.06 bits per heavy atom. The zero-order valence-electron chi connectivity index (χ0n) is 19.3. The van der Waals surface area contributed by atoms with E-state index in [1.54, 1.807) is 6.20 Å². The van der Waals surface area contributed by atoms with Crippen LogP contribution in [0.15, 0.2) is 72.9 Å². The average molecular weight is 429 g/mol. The summed E-state index contributed by atoms with van der Waals surface area (Å²) in [5.74, 6) is 1.19. The van der Waals surface area contributed by atoms with E-state index in [1.165, 1.54) is 11.1 Å². The standard InChI is InChI=1S/C28H32N2O2/c1-19(26-15-14-23(17-29-26)32-18-20-8-6-5-7-9-20)30-27(31)25-16-24(25)21-10-12-22(13-11-21)28(2,3)4/h5-15,17,19,24-25H,16,18H2,1-4H3,(H,30,31)/t19-,24+,25?/m1/s1. The summed E-state index contributed by atoms with van der Waals surface area (Å²) < 4.78 is 5.80. The van der Waals surface area contributed by atoms with Crippen molar-refractivity contribution in [2.75, 3.05) is 0 Å². The van der Waals surface area contributed by atoms with Gasteiger partial charge >= 0.3 is 0 Å². The lowest BCUT2D eigenvalue weighted by Gasteiger charge is -2.19. The van der Waals surface area contributed by atoms with Gasteiger partial charge in [0, 0.05) is 5.92 Å². The third-order valence-electron chi connectivity index (χ3n) is 6.14. The largest absolute Gasteiger partial charge is 0.487 e. The number of hydrogen-bond acceptors (Lipinski definition) is 3. The van der Waals surface area contributed by atoms with Gasteiger partial charge in [0.05, 0.1) is 17.9 Å². The van der Waals surface area contributed by atoms with E-state index in [2.05, 4.69) is 55.3 Å². The fraction of sp³-hybridized carbons (Fsp3) is 0.357. The van der Waals surface area contributed by atoms with Gasteiger partial charge in [0.2, 0.25) is 5.91 Å². The van der Waals surface area contributed by atoms with Crippen molar-refractivity contribution in [1.82, 2.24) is 10.3 Å². The maximum absolute atomic E-state index is 12.8. The van der Waals surface area contributed by atoms with Crippen molar-refractivity contribution in [3.63, 3.8) is 0 Å². The van der Waals surface area contributed by atoms with Gasteiger partial charge in [0.1, 0.15) is 12.4 Å². The average Bonchev–Trinajstić information content (AvgIpc) is 3.59. The van der Waals surface area contributed by atoms with Crippen molar-refractivity contribution < 1.29 is 9.53 Å². The molecule has 1 heterocycles. The van der Waals surface area contributed by atoms with Crippen molar-refractivity contribution >= 4 is 5.91 Å². The van der Waals surface area contributed by atoms with Crippen LogP contribution in [0.2, 0.25) is 0 Å². The lowest BCUT2D eigenvalue weighted by Crippen LogP contribution is -2.28. The minimum atomic E-state index is -0.143. The molecule has 0 radical (unpaired) electrons. The molecule has 32 heavy (non-hydrogen) atoms. The minimum absolute atomic E-state index is 0.0476. The lowest BCUT2D eigenvalue weighted by atomic mass is 9.86. The number of aromatic nitrogens is 1. The Labute approximate surface area is 191 Å². The molecule has 0 bridgehead atoms. The molecule has 0 saturated heterocycles. The first-order valence-electron chi connectivity index (χ1n) is 11.3. The van der Waals surface area contributed by atoms with E-state index in [0.29, 0.717) is 12.5 Å². The SMILES string of the molecule is C[C@@H](NC(=O)C1C[C@H]1c1ccc(C(C)(C)C)cc1)c1ccc(OCc2ccccc2)cn1. The maximum atomic E-state index is 12.8. The summed E-state index contributed by atoms with van der Waals surface area (Å²) in [6.45, 7) is 9.13. The van der Waals surface area contributed by atoms with Gasteiger partial charge in [0.25, 0.3) is 0 Å². The predicted octanol–water partition coefficient (Wildman–Crippen LogP) is 5.94. The summed E-state index contributed by atoms with van der Waals surface area (Å²) in [6.07, 6.45) is 2.63. The molecule has 1 aliphatic rings. The zero-order chi connectivity index (χ0) is 22.7. The summed E-state index contributed by atoms with van der Waals surface area (Å²) in [5.41, 5.74) is 4.66. The first-order chi connectivity index (χ1) is 15.3. The number of ether oxygens (including phenoxy) is 1. The van der Waals surface area contributed by atoms with E-state index in [-0.39, 0.29) is 23.3 Å². The van der Waals surface area contributed by atoms with Crippen molar-refractivity contribution in [2.45, 2.75) is 58.1 Å². The minimum Gasteiger partial charge on any atom is -0.487 e. The molecule has 4 nitrogen and oxygen atoms in total. The zero-order valence-corrected chi connectivity index (χ0v) is 19.3. The molecule has 2 aromatic carbocycles. The number of nitrogens with one attached hydrogen (secondary N) is 1. The summed E-state index contributed by atoms with van der Waals surface area (Å²) in [7, 11) is 0. The van der Waals surface area contributed by atoms with Gasteiger partial charge in [-0.25, -0.2) is 0 Å². The molecule has 4 heteroatoms. The predicted molar refractivity (Wildman–Crippen MR) is 128 cm³/mol. The third kappa shape index (κ3) is 5.37. The lowest BCUT2D eigenvalue weighted by molar-refractivity contribution is -0.123. The van der Waals surface area contributed by atoms with Crippen LogP contribution < -0.4 is 10.1 Å². The summed E-state index contributed by atoms with van der Waals surface area (Å²) >= 11 is 0. The Balaban J connectivity index is 1.28. The molecular formula is C28H32N2O2. The summed E-state index contributed by atoms with van der Waals surface area (Å²) in [4.78, 5) is 17.3. The van der Waals surface area contributed by atoms with Crippen molar-refractivity contribution in [3.05, 3.63) is 95.3 Å². The number of rotatable bonds is 7. The highest BCUT2D eigenvalue weighted by molar-refractivity contribution is 5.83. The molecule has 1 N–H and O–H groups in total. The number of benzene rings is 2. The van der Waals surface area contributed by atoms with Crippen molar-refractivity contribution in [3.8, 4) is 5.75 Å². The second kappa shape index (κ2) is 9.15. The van der Waals surface area contributed by atoms with E-state index in [9.17, 15) is 4.79 Å². The molecule has 0 aliphatic heterocycles. The summed E-state index contributed by atoms with van der Waals surface area (Å²) in [6, 6.07) is 22.5. The number of hydrogen-bond donors (Lipinski definition) is 1. The second-order valence-electron chi connectivity index (χ2n) is 9.74. The van der Waals surface area contributed by atoms with Gasteiger partial charge in [-0.05, 0) is 53.5 Å². The Kier molecular flexibility index (Phi) is 6.31. The first kappa shape index (κ1) is 22.1. The summed E-state index contributed by atoms with van der Waals surface area (Å²) in [5, 5.41) is 3.13. The van der Waals surface area contributed by atoms with Crippen LogP contribution in [-0.4, -0.2) is 10.9 Å². The molecule has 1 aliphatic carbocycles. The van der Waals surface area contributed by atoms with Gasteiger partial charge < -0.3 is 10.1 Å². The molecule has 4 rings (SSSR count). The van der Waals surface area contributed by atoms with E-state index in [1.807, 2.05) is 49.4 Å². The number of amides is 1. The first-order valence-corrected chi connectivity index (χ1v) is 11.3. The number of carbonyl (C=O) groups is 1. The van der Waals surface area contributed by atoms with E-state index in [0.717, 1.165) is 23.4 Å². The Hall–Kier alpha value is -3.14. The molecule has 1 saturated carbocycles.